The van der Waals surface area contributed by atoms with Crippen molar-refractivity contribution in [2.24, 2.45) is 0 Å². The van der Waals surface area contributed by atoms with Gasteiger partial charge in [0.25, 0.3) is 0 Å². The molecule has 3 aromatic rings. The third-order valence-electron chi connectivity index (χ3n) is 4.12. The lowest BCUT2D eigenvalue weighted by atomic mass is 10.1. The molecule has 1 aliphatic heterocycles. The summed E-state index contributed by atoms with van der Waals surface area (Å²) in [6.07, 6.45) is 3.68. The number of thioether (sulfide) groups is 1. The van der Waals surface area contributed by atoms with Gasteiger partial charge in [0, 0.05) is 11.3 Å². The Labute approximate surface area is 156 Å². The average molecular weight is 362 g/mol. The van der Waals surface area contributed by atoms with Crippen molar-refractivity contribution in [3.05, 3.63) is 65.7 Å². The van der Waals surface area contributed by atoms with E-state index in [2.05, 4.69) is 38.7 Å². The number of nitrogens with one attached hydrogen (secondary N) is 1. The summed E-state index contributed by atoms with van der Waals surface area (Å²) in [6, 6.07) is 18.2. The Morgan fingerprint density at radius 1 is 1.08 bits per heavy atom. The molecular weight excluding hydrogens is 344 g/mol. The van der Waals surface area contributed by atoms with E-state index in [0.717, 1.165) is 22.4 Å². The second-order valence-electron chi connectivity index (χ2n) is 5.94. The molecule has 0 spiro atoms. The zero-order chi connectivity index (χ0) is 17.9. The van der Waals surface area contributed by atoms with E-state index >= 15 is 0 Å². The van der Waals surface area contributed by atoms with Crippen LogP contribution in [0.5, 0.6) is 5.88 Å². The minimum Gasteiger partial charge on any atom is -0.448 e. The molecule has 26 heavy (non-hydrogen) atoms. The Kier molecular flexibility index (Phi) is 4.58. The van der Waals surface area contributed by atoms with E-state index in [0.29, 0.717) is 16.7 Å². The van der Waals surface area contributed by atoms with Crippen LogP contribution in [-0.4, -0.2) is 27.7 Å². The Morgan fingerprint density at radius 2 is 1.85 bits per heavy atom. The second kappa shape index (κ2) is 7.17. The molecule has 0 amide bonds. The zero-order valence-electron chi connectivity index (χ0n) is 14.5. The molecule has 0 saturated carbocycles. The third kappa shape index (κ3) is 3.28. The molecule has 1 atom stereocenters. The standard InChI is InChI=1S/C20H18N4OS/c1-13(12-14-8-4-3-5-9-14)18-21-16-11-7-6-10-15(16)17-19(25-18)22-20(26-2)24-23-17/h3-12,18,21H,1-2H3/b13-12-/t18-/m0/s1. The van der Waals surface area contributed by atoms with Crippen LogP contribution in [-0.2, 0) is 0 Å². The number of para-hydroxylation sites is 1. The number of ether oxygens (including phenoxy) is 1. The number of rotatable bonds is 3. The molecular formula is C20H18N4OS. The van der Waals surface area contributed by atoms with Crippen molar-refractivity contribution < 1.29 is 4.74 Å². The number of hydrogen-bond donors (Lipinski definition) is 1. The first-order chi connectivity index (χ1) is 12.7. The Balaban J connectivity index is 1.78. The number of hydrogen-bond acceptors (Lipinski definition) is 6. The van der Waals surface area contributed by atoms with Crippen LogP contribution >= 0.6 is 11.8 Å². The van der Waals surface area contributed by atoms with Crippen molar-refractivity contribution in [3.8, 4) is 17.1 Å². The molecule has 1 N–H and O–H groups in total. The highest BCUT2D eigenvalue weighted by Gasteiger charge is 2.25. The Morgan fingerprint density at radius 3 is 2.65 bits per heavy atom. The van der Waals surface area contributed by atoms with Gasteiger partial charge in [0.05, 0.1) is 0 Å². The normalized spacial score (nSPS) is 15.9. The van der Waals surface area contributed by atoms with Crippen molar-refractivity contribution in [1.82, 2.24) is 15.2 Å². The number of anilines is 1. The van der Waals surface area contributed by atoms with E-state index < -0.39 is 0 Å². The van der Waals surface area contributed by atoms with Crippen LogP contribution < -0.4 is 10.1 Å². The van der Waals surface area contributed by atoms with Crippen LogP contribution in [0, 0.1) is 0 Å². The van der Waals surface area contributed by atoms with E-state index in [9.17, 15) is 0 Å². The van der Waals surface area contributed by atoms with Crippen LogP contribution in [0.25, 0.3) is 17.3 Å². The van der Waals surface area contributed by atoms with E-state index in [4.69, 9.17) is 4.74 Å². The highest BCUT2D eigenvalue weighted by molar-refractivity contribution is 7.98. The number of fused-ring (bicyclic) bond motifs is 3. The lowest BCUT2D eigenvalue weighted by Crippen LogP contribution is -2.27. The van der Waals surface area contributed by atoms with Crippen LogP contribution in [0.15, 0.2) is 65.3 Å². The largest absolute Gasteiger partial charge is 0.448 e. The number of nitrogens with zero attached hydrogens (tertiary/aromatic N) is 3. The topological polar surface area (TPSA) is 59.9 Å². The summed E-state index contributed by atoms with van der Waals surface area (Å²) in [4.78, 5) is 4.53. The summed E-state index contributed by atoms with van der Waals surface area (Å²) >= 11 is 1.44. The SMILES string of the molecule is CSc1nnc2c(n1)O[C@@H](/C(C)=C\c1ccccc1)Nc1ccccc1-2. The van der Waals surface area contributed by atoms with Gasteiger partial charge in [0.15, 0.2) is 11.9 Å². The van der Waals surface area contributed by atoms with E-state index in [1.165, 1.54) is 11.8 Å². The highest BCUT2D eigenvalue weighted by atomic mass is 32.2. The Bertz CT molecular complexity index is 959. The van der Waals surface area contributed by atoms with Crippen molar-refractivity contribution in [3.63, 3.8) is 0 Å². The van der Waals surface area contributed by atoms with Crippen LogP contribution in [0.1, 0.15) is 12.5 Å². The van der Waals surface area contributed by atoms with Crippen molar-refractivity contribution in [2.45, 2.75) is 18.3 Å². The maximum Gasteiger partial charge on any atom is 0.247 e. The molecule has 0 radical (unpaired) electrons. The summed E-state index contributed by atoms with van der Waals surface area (Å²) in [5, 5.41) is 12.6. The molecule has 0 saturated heterocycles. The average Bonchev–Trinajstić information content (AvgIpc) is 2.85. The third-order valence-corrected chi connectivity index (χ3v) is 4.66. The van der Waals surface area contributed by atoms with E-state index in [1.54, 1.807) is 0 Å². The summed E-state index contributed by atoms with van der Waals surface area (Å²) in [6.45, 7) is 2.04. The smallest absolute Gasteiger partial charge is 0.247 e. The van der Waals surface area contributed by atoms with Crippen LogP contribution in [0.4, 0.5) is 5.69 Å². The van der Waals surface area contributed by atoms with E-state index in [-0.39, 0.29) is 6.23 Å². The first kappa shape index (κ1) is 16.6. The van der Waals surface area contributed by atoms with Crippen LogP contribution in [0.3, 0.4) is 0 Å². The molecule has 0 unspecified atom stereocenters. The lowest BCUT2D eigenvalue weighted by Gasteiger charge is -2.19. The first-order valence-electron chi connectivity index (χ1n) is 8.29. The maximum absolute atomic E-state index is 6.21. The van der Waals surface area contributed by atoms with Gasteiger partial charge in [0.1, 0.15) is 0 Å². The van der Waals surface area contributed by atoms with Gasteiger partial charge in [-0.25, -0.2) is 0 Å². The minimum atomic E-state index is -0.344. The Hall–Kier alpha value is -2.86. The second-order valence-corrected chi connectivity index (χ2v) is 6.71. The van der Waals surface area contributed by atoms with Gasteiger partial charge in [-0.2, -0.15) is 4.98 Å². The predicted molar refractivity (Wildman–Crippen MR) is 105 cm³/mol. The molecule has 130 valence electrons. The van der Waals surface area contributed by atoms with Gasteiger partial charge in [-0.3, -0.25) is 0 Å². The molecule has 0 aliphatic carbocycles. The molecule has 1 aliphatic rings. The van der Waals surface area contributed by atoms with Crippen molar-refractivity contribution in [1.29, 1.82) is 0 Å². The molecule has 6 heteroatoms. The van der Waals surface area contributed by atoms with Gasteiger partial charge in [-0.05, 0) is 30.4 Å². The quantitative estimate of drug-likeness (QED) is 0.693. The van der Waals surface area contributed by atoms with Crippen molar-refractivity contribution in [2.75, 3.05) is 11.6 Å². The summed E-state index contributed by atoms with van der Waals surface area (Å²) in [5.41, 5.74) is 4.71. The monoisotopic (exact) mass is 362 g/mol. The fraction of sp³-hybridized carbons (Fsp3) is 0.150. The fourth-order valence-corrected chi connectivity index (χ4v) is 3.12. The highest BCUT2D eigenvalue weighted by Crippen LogP contribution is 2.37. The predicted octanol–water partition coefficient (Wildman–Crippen LogP) is 4.49. The molecule has 5 nitrogen and oxygen atoms in total. The molecule has 4 rings (SSSR count). The van der Waals surface area contributed by atoms with Gasteiger partial charge in [-0.1, -0.05) is 66.4 Å². The molecule has 0 bridgehead atoms. The van der Waals surface area contributed by atoms with Crippen molar-refractivity contribution >= 4 is 23.5 Å². The first-order valence-corrected chi connectivity index (χ1v) is 9.51. The van der Waals surface area contributed by atoms with Gasteiger partial charge >= 0.3 is 0 Å². The molecule has 2 heterocycles. The minimum absolute atomic E-state index is 0.344. The molecule has 0 fully saturated rings. The number of aromatic nitrogens is 3. The summed E-state index contributed by atoms with van der Waals surface area (Å²) in [7, 11) is 0. The zero-order valence-corrected chi connectivity index (χ0v) is 15.3. The molecule has 2 aromatic carbocycles. The van der Waals surface area contributed by atoms with Gasteiger partial charge in [0.2, 0.25) is 11.0 Å². The maximum atomic E-state index is 6.21. The lowest BCUT2D eigenvalue weighted by molar-refractivity contribution is 0.255. The van der Waals surface area contributed by atoms with Crippen LogP contribution in [0.2, 0.25) is 0 Å². The molecule has 1 aromatic heterocycles. The number of benzene rings is 2. The van der Waals surface area contributed by atoms with Gasteiger partial charge < -0.3 is 10.1 Å². The summed E-state index contributed by atoms with van der Waals surface area (Å²) < 4.78 is 6.21. The van der Waals surface area contributed by atoms with E-state index in [1.807, 2.05) is 55.6 Å². The van der Waals surface area contributed by atoms with Gasteiger partial charge in [-0.15, -0.1) is 10.2 Å². The fourth-order valence-electron chi connectivity index (χ4n) is 2.83. The summed E-state index contributed by atoms with van der Waals surface area (Å²) in [5.74, 6) is 0.493.